The van der Waals surface area contributed by atoms with Crippen LogP contribution in [0.3, 0.4) is 0 Å². The maximum atomic E-state index is 14.1. The van der Waals surface area contributed by atoms with E-state index in [9.17, 15) is 38.4 Å². The molecule has 0 radical (unpaired) electrons. The van der Waals surface area contributed by atoms with Gasteiger partial charge in [-0.05, 0) is 110 Å². The summed E-state index contributed by atoms with van der Waals surface area (Å²) in [6.45, 7) is -1.42. The summed E-state index contributed by atoms with van der Waals surface area (Å²) in [7, 11) is 0. The van der Waals surface area contributed by atoms with Crippen molar-refractivity contribution in [2.75, 3.05) is 26.4 Å². The van der Waals surface area contributed by atoms with Crippen LogP contribution in [0.25, 0.3) is 0 Å². The molecule has 0 saturated carbocycles. The Bertz CT molecular complexity index is 3960. The second kappa shape index (κ2) is 34.5. The van der Waals surface area contributed by atoms with E-state index in [2.05, 4.69) is 11.8 Å². The molecule has 0 bridgehead atoms. The molecule has 10 rings (SSSR count). The maximum absolute atomic E-state index is 14.1. The van der Waals surface area contributed by atoms with Crippen molar-refractivity contribution in [1.82, 2.24) is 0 Å². The van der Waals surface area contributed by atoms with Crippen molar-refractivity contribution >= 4 is 47.8 Å². The van der Waals surface area contributed by atoms with Crippen molar-refractivity contribution in [3.63, 3.8) is 0 Å². The fourth-order valence-corrected chi connectivity index (χ4v) is 10.1. The van der Waals surface area contributed by atoms with Crippen molar-refractivity contribution in [2.24, 2.45) is 0 Å². The minimum atomic E-state index is -1.64. The van der Waals surface area contributed by atoms with Crippen molar-refractivity contribution < 1.29 is 95.2 Å². The fraction of sp³-hybridized carbons (Fsp3) is 0.211. The molecule has 10 atom stereocenters. The summed E-state index contributed by atoms with van der Waals surface area (Å²) in [6, 6.07) is 64.1. The van der Waals surface area contributed by atoms with Gasteiger partial charge in [-0.15, -0.1) is 0 Å². The average Bonchev–Trinajstić information content (AvgIpc) is 0.790. The van der Waals surface area contributed by atoms with E-state index in [1.165, 1.54) is 78.9 Å². The van der Waals surface area contributed by atoms with Gasteiger partial charge < -0.3 is 56.8 Å². The Labute approximate surface area is 552 Å². The summed E-state index contributed by atoms with van der Waals surface area (Å²) < 4.78 is 74.0. The van der Waals surface area contributed by atoms with Gasteiger partial charge in [0.1, 0.15) is 25.4 Å². The molecule has 2 aliphatic heterocycles. The van der Waals surface area contributed by atoms with E-state index in [1.54, 1.807) is 176 Å². The lowest BCUT2D eigenvalue weighted by atomic mass is 9.97. The fourth-order valence-electron chi connectivity index (χ4n) is 10.1. The first kappa shape index (κ1) is 67.5. The molecule has 96 heavy (non-hydrogen) atoms. The van der Waals surface area contributed by atoms with Gasteiger partial charge in [0, 0.05) is 6.42 Å². The third-order valence-electron chi connectivity index (χ3n) is 14.9. The number of hydrogen-bond acceptors (Lipinski definition) is 20. The van der Waals surface area contributed by atoms with Crippen molar-refractivity contribution in [2.45, 2.75) is 74.3 Å². The molecule has 488 valence electrons. The lowest BCUT2D eigenvalue weighted by molar-refractivity contribution is -0.298. The summed E-state index contributed by atoms with van der Waals surface area (Å²) in [5.41, 5.74) is 1.14. The van der Waals surface area contributed by atoms with Crippen LogP contribution in [0.2, 0.25) is 0 Å². The van der Waals surface area contributed by atoms with Gasteiger partial charge in [0.15, 0.2) is 49.2 Å². The van der Waals surface area contributed by atoms with Crippen LogP contribution >= 0.6 is 0 Å². The Kier molecular flexibility index (Phi) is 24.3. The molecule has 0 N–H and O–H groups in total. The van der Waals surface area contributed by atoms with Gasteiger partial charge in [-0.2, -0.15) is 0 Å². The van der Waals surface area contributed by atoms with Crippen molar-refractivity contribution in [3.05, 3.63) is 299 Å². The Morgan fingerprint density at radius 1 is 0.312 bits per heavy atom. The van der Waals surface area contributed by atoms with Crippen LogP contribution in [-0.4, -0.2) is 136 Å². The molecule has 2 fully saturated rings. The van der Waals surface area contributed by atoms with Crippen LogP contribution in [0, 0.1) is 11.8 Å². The van der Waals surface area contributed by atoms with Gasteiger partial charge in [0.05, 0.1) is 57.7 Å². The van der Waals surface area contributed by atoms with Gasteiger partial charge in [0.25, 0.3) is 0 Å². The SMILES string of the molecule is O=C(OCC1O[C@@H](OCCC#CC=CCCO[C@H]2OC(COC(=O)c3ccccc3)[C@@H](OC(=O)c3ccccc3)[C@@H](OC(=O)c3ccccc3)C2OC(=O)c2ccccc2)C(OC(=O)c2ccccc2)C(OC(=O)c2ccccc2)[C@H]1OC(=O)c1ccccc1)c1ccccc1. The zero-order valence-corrected chi connectivity index (χ0v) is 51.4. The zero-order valence-electron chi connectivity index (χ0n) is 51.4. The third kappa shape index (κ3) is 18.7. The molecule has 20 heteroatoms. The van der Waals surface area contributed by atoms with Gasteiger partial charge >= 0.3 is 47.8 Å². The second-order valence-electron chi connectivity index (χ2n) is 21.4. The molecule has 2 aliphatic rings. The van der Waals surface area contributed by atoms with Crippen LogP contribution in [0.5, 0.6) is 0 Å². The molecule has 2 saturated heterocycles. The van der Waals surface area contributed by atoms with Crippen LogP contribution < -0.4 is 0 Å². The lowest BCUT2D eigenvalue weighted by Crippen LogP contribution is -2.63. The van der Waals surface area contributed by atoms with Gasteiger partial charge in [-0.25, -0.2) is 38.4 Å². The van der Waals surface area contributed by atoms with E-state index in [1.807, 2.05) is 0 Å². The summed E-state index contributed by atoms with van der Waals surface area (Å²) >= 11 is 0. The van der Waals surface area contributed by atoms with Crippen molar-refractivity contribution in [3.8, 4) is 11.8 Å². The van der Waals surface area contributed by atoms with E-state index < -0.39 is 122 Å². The Balaban J connectivity index is 0.879. The average molecular weight is 1300 g/mol. The van der Waals surface area contributed by atoms with E-state index in [-0.39, 0.29) is 70.6 Å². The molecule has 20 nitrogen and oxygen atoms in total. The van der Waals surface area contributed by atoms with Crippen LogP contribution in [-0.2, 0) is 56.8 Å². The Morgan fingerprint density at radius 3 is 0.854 bits per heavy atom. The highest BCUT2D eigenvalue weighted by molar-refractivity contribution is 5.93. The minimum Gasteiger partial charge on any atom is -0.459 e. The van der Waals surface area contributed by atoms with E-state index in [0.29, 0.717) is 0 Å². The molecule has 0 aliphatic carbocycles. The number of esters is 8. The summed E-state index contributed by atoms with van der Waals surface area (Å²) in [5, 5.41) is 0. The number of benzene rings is 8. The highest BCUT2D eigenvalue weighted by Crippen LogP contribution is 2.34. The summed E-state index contributed by atoms with van der Waals surface area (Å²) in [5.74, 6) is -0.755. The lowest BCUT2D eigenvalue weighted by Gasteiger charge is -2.44. The second-order valence-corrected chi connectivity index (χ2v) is 21.4. The first-order chi connectivity index (χ1) is 47.0. The predicted octanol–water partition coefficient (Wildman–Crippen LogP) is 10.9. The number of carbonyl (C=O) groups is 8. The Morgan fingerprint density at radius 2 is 0.562 bits per heavy atom. The normalized spacial score (nSPS) is 20.3. The van der Waals surface area contributed by atoms with Gasteiger partial charge in [-0.1, -0.05) is 164 Å². The van der Waals surface area contributed by atoms with Crippen LogP contribution in [0.4, 0.5) is 0 Å². The molecule has 2 heterocycles. The highest BCUT2D eigenvalue weighted by atomic mass is 16.7. The zero-order chi connectivity index (χ0) is 66.9. The number of rotatable bonds is 25. The number of allylic oxidation sites excluding steroid dienone is 1. The molecule has 8 aromatic carbocycles. The quantitative estimate of drug-likeness (QED) is 0.0223. The first-order valence-electron chi connectivity index (χ1n) is 30.7. The monoisotopic (exact) mass is 1300 g/mol. The molecule has 0 amide bonds. The van der Waals surface area contributed by atoms with E-state index in [0.717, 1.165) is 0 Å². The molecule has 8 aromatic rings. The Hall–Kier alpha value is -11.3. The molecular weight excluding hydrogens is 1230 g/mol. The summed E-state index contributed by atoms with van der Waals surface area (Å²) in [6.07, 6.45) is -12.1. The molecule has 0 spiro atoms. The number of carbonyl (C=O) groups excluding carboxylic acids is 8. The van der Waals surface area contributed by atoms with Gasteiger partial charge in [0.2, 0.25) is 0 Å². The van der Waals surface area contributed by atoms with E-state index in [4.69, 9.17) is 56.8 Å². The third-order valence-corrected chi connectivity index (χ3v) is 14.9. The van der Waals surface area contributed by atoms with Crippen LogP contribution in [0.15, 0.2) is 255 Å². The number of hydrogen-bond donors (Lipinski definition) is 0. The van der Waals surface area contributed by atoms with Crippen LogP contribution in [0.1, 0.15) is 95.7 Å². The van der Waals surface area contributed by atoms with Crippen molar-refractivity contribution in [1.29, 1.82) is 0 Å². The van der Waals surface area contributed by atoms with E-state index >= 15 is 0 Å². The number of ether oxygens (including phenoxy) is 12. The maximum Gasteiger partial charge on any atom is 0.338 e. The summed E-state index contributed by atoms with van der Waals surface area (Å²) in [4.78, 5) is 111. The minimum absolute atomic E-state index is 0.0360. The largest absolute Gasteiger partial charge is 0.459 e. The molecule has 0 aromatic heterocycles. The first-order valence-corrected chi connectivity index (χ1v) is 30.7. The molecule has 5 unspecified atom stereocenters. The topological polar surface area (TPSA) is 247 Å². The van der Waals surface area contributed by atoms with Gasteiger partial charge in [-0.3, -0.25) is 0 Å². The standard InChI is InChI=1S/C76H64O20/c77-67(51-31-13-5-14-32-51)87-49-59-61(91-69(79)53-35-17-7-18-36-53)63(93-71(81)55-39-21-9-22-40-55)65(95-73(83)57-43-25-11-26-44-57)75(89-59)85-47-29-3-1-2-4-30-48-86-76-66(96-74(84)58-45-27-12-28-46-58)64(94-72(82)56-41-23-10-24-42-56)62(92-70(80)54-37-19-8-20-38-54)60(90-76)50-88-68(78)52-33-15-6-16-34-52/h1,3,5-28,31-46,59-66,75-76H,29-30,47-50H2/t59?,60?,61-,62+,63-,64?,65?,66?,75+,76-/m1/s1. The smallest absolute Gasteiger partial charge is 0.338 e. The molecular formula is C76H64O20. The predicted molar refractivity (Wildman–Crippen MR) is 343 cm³/mol. The highest BCUT2D eigenvalue weighted by Gasteiger charge is 2.55.